The Morgan fingerprint density at radius 1 is 1.37 bits per heavy atom. The molecular formula is C19H15BrN4O3. The highest BCUT2D eigenvalue weighted by Gasteiger charge is 2.36. The van der Waals surface area contributed by atoms with Crippen LogP contribution in [0.1, 0.15) is 28.7 Å². The number of aromatic amines is 1. The standard InChI is InChI=1S/C19H15BrN4O3/c1-10-16-17(14(8-21)18(22)27-19(16)24-23-10)15-6-5-13(26-15)9-25-12-4-2-3-11(20)7-12/h2-7,17H,9,22H2,1H3,(H,23,24). The first-order valence-corrected chi connectivity index (χ1v) is 8.95. The highest BCUT2D eigenvalue weighted by molar-refractivity contribution is 9.10. The van der Waals surface area contributed by atoms with Gasteiger partial charge < -0.3 is 19.6 Å². The van der Waals surface area contributed by atoms with Crippen molar-refractivity contribution in [3.8, 4) is 17.7 Å². The van der Waals surface area contributed by atoms with Crippen LogP contribution < -0.4 is 15.2 Å². The second kappa shape index (κ2) is 6.85. The molecule has 1 unspecified atom stereocenters. The maximum Gasteiger partial charge on any atom is 0.244 e. The van der Waals surface area contributed by atoms with Crippen molar-refractivity contribution in [2.75, 3.05) is 0 Å². The molecule has 3 heterocycles. The quantitative estimate of drug-likeness (QED) is 0.654. The maximum absolute atomic E-state index is 9.56. The van der Waals surface area contributed by atoms with Gasteiger partial charge in [-0.2, -0.15) is 5.26 Å². The van der Waals surface area contributed by atoms with E-state index in [0.29, 0.717) is 23.0 Å². The molecule has 8 heteroatoms. The van der Waals surface area contributed by atoms with Crippen LogP contribution in [-0.4, -0.2) is 10.2 Å². The van der Waals surface area contributed by atoms with Gasteiger partial charge in [-0.25, -0.2) is 0 Å². The van der Waals surface area contributed by atoms with E-state index in [2.05, 4.69) is 32.2 Å². The number of nitrogens with one attached hydrogen (secondary N) is 1. The molecule has 0 saturated carbocycles. The van der Waals surface area contributed by atoms with Gasteiger partial charge >= 0.3 is 0 Å². The smallest absolute Gasteiger partial charge is 0.244 e. The third-order valence-corrected chi connectivity index (χ3v) is 4.77. The van der Waals surface area contributed by atoms with E-state index < -0.39 is 5.92 Å². The molecule has 0 radical (unpaired) electrons. The zero-order chi connectivity index (χ0) is 19.0. The number of H-pyrrole nitrogens is 1. The third kappa shape index (κ3) is 3.17. The lowest BCUT2D eigenvalue weighted by molar-refractivity contribution is 0.264. The van der Waals surface area contributed by atoms with E-state index in [-0.39, 0.29) is 12.5 Å². The van der Waals surface area contributed by atoms with Gasteiger partial charge in [0.2, 0.25) is 11.8 Å². The summed E-state index contributed by atoms with van der Waals surface area (Å²) in [5.41, 5.74) is 7.73. The Kier molecular flexibility index (Phi) is 4.38. The second-order valence-corrected chi connectivity index (χ2v) is 6.96. The number of allylic oxidation sites excluding steroid dienone is 1. The largest absolute Gasteiger partial charge is 0.486 e. The lowest BCUT2D eigenvalue weighted by Crippen LogP contribution is -2.20. The lowest BCUT2D eigenvalue weighted by Gasteiger charge is -2.21. The van der Waals surface area contributed by atoms with Gasteiger partial charge in [-0.05, 0) is 37.3 Å². The van der Waals surface area contributed by atoms with Crippen LogP contribution in [0, 0.1) is 18.3 Å². The van der Waals surface area contributed by atoms with Gasteiger partial charge in [0, 0.05) is 10.2 Å². The molecule has 0 fully saturated rings. The molecule has 3 N–H and O–H groups in total. The molecule has 7 nitrogen and oxygen atoms in total. The van der Waals surface area contributed by atoms with Crippen molar-refractivity contribution < 1.29 is 13.9 Å². The molecule has 0 spiro atoms. The first-order valence-electron chi connectivity index (χ1n) is 8.16. The Hall–Kier alpha value is -3.18. The summed E-state index contributed by atoms with van der Waals surface area (Å²) in [6.07, 6.45) is 0. The van der Waals surface area contributed by atoms with Crippen LogP contribution in [0.3, 0.4) is 0 Å². The Morgan fingerprint density at radius 2 is 2.22 bits per heavy atom. The van der Waals surface area contributed by atoms with Gasteiger partial charge in [0.25, 0.3) is 0 Å². The minimum absolute atomic E-state index is 0.0323. The fourth-order valence-electron chi connectivity index (χ4n) is 3.02. The molecule has 2 aromatic heterocycles. The van der Waals surface area contributed by atoms with Gasteiger partial charge in [0.1, 0.15) is 35.5 Å². The fraction of sp³-hybridized carbons (Fsp3) is 0.158. The molecule has 0 aliphatic carbocycles. The molecule has 0 bridgehead atoms. The number of furan rings is 1. The molecule has 0 saturated heterocycles. The zero-order valence-corrected chi connectivity index (χ0v) is 15.9. The molecule has 27 heavy (non-hydrogen) atoms. The average molecular weight is 427 g/mol. The van der Waals surface area contributed by atoms with Crippen LogP contribution in [0.15, 0.2) is 56.7 Å². The average Bonchev–Trinajstić information content (AvgIpc) is 3.26. The SMILES string of the molecule is Cc1[nH]nc2c1C(c1ccc(COc3cccc(Br)c3)o1)C(C#N)=C(N)O2. The van der Waals surface area contributed by atoms with Crippen molar-refractivity contribution in [2.24, 2.45) is 5.73 Å². The minimum atomic E-state index is -0.475. The zero-order valence-electron chi connectivity index (χ0n) is 14.3. The Bertz CT molecular complexity index is 1080. The second-order valence-electron chi connectivity index (χ2n) is 6.04. The molecule has 0 amide bonds. The normalized spacial score (nSPS) is 15.8. The number of nitrogens with zero attached hydrogens (tertiary/aromatic N) is 2. The number of nitrogens with two attached hydrogens (primary N) is 1. The number of ether oxygens (including phenoxy) is 2. The summed E-state index contributed by atoms with van der Waals surface area (Å²) in [5, 5.41) is 16.5. The number of rotatable bonds is 4. The first-order chi connectivity index (χ1) is 13.1. The van der Waals surface area contributed by atoms with E-state index in [1.807, 2.05) is 43.3 Å². The van der Waals surface area contributed by atoms with E-state index in [1.165, 1.54) is 0 Å². The van der Waals surface area contributed by atoms with Gasteiger partial charge in [-0.15, -0.1) is 5.10 Å². The number of fused-ring (bicyclic) bond motifs is 1. The Labute approximate surface area is 163 Å². The number of nitriles is 1. The summed E-state index contributed by atoms with van der Waals surface area (Å²) in [4.78, 5) is 0. The van der Waals surface area contributed by atoms with Crippen molar-refractivity contribution >= 4 is 15.9 Å². The summed E-state index contributed by atoms with van der Waals surface area (Å²) >= 11 is 3.41. The number of halogens is 1. The summed E-state index contributed by atoms with van der Waals surface area (Å²) in [6.45, 7) is 2.12. The minimum Gasteiger partial charge on any atom is -0.486 e. The van der Waals surface area contributed by atoms with Crippen LogP contribution in [0.25, 0.3) is 0 Å². The van der Waals surface area contributed by atoms with Crippen molar-refractivity contribution in [3.05, 3.63) is 75.1 Å². The summed E-state index contributed by atoms with van der Waals surface area (Å²) < 4.78 is 18.1. The molecule has 4 rings (SSSR count). The third-order valence-electron chi connectivity index (χ3n) is 4.27. The van der Waals surface area contributed by atoms with Gasteiger partial charge in [-0.1, -0.05) is 22.0 Å². The summed E-state index contributed by atoms with van der Waals surface area (Å²) in [5.74, 6) is 1.86. The highest BCUT2D eigenvalue weighted by Crippen LogP contribution is 2.43. The summed E-state index contributed by atoms with van der Waals surface area (Å²) in [7, 11) is 0. The topological polar surface area (TPSA) is 110 Å². The van der Waals surface area contributed by atoms with Crippen LogP contribution in [0.5, 0.6) is 11.6 Å². The first kappa shape index (κ1) is 17.2. The van der Waals surface area contributed by atoms with E-state index in [0.717, 1.165) is 21.5 Å². The number of benzene rings is 1. The Balaban J connectivity index is 1.62. The predicted molar refractivity (Wildman–Crippen MR) is 99.8 cm³/mol. The lowest BCUT2D eigenvalue weighted by atomic mass is 9.88. The van der Waals surface area contributed by atoms with Crippen molar-refractivity contribution in [3.63, 3.8) is 0 Å². The van der Waals surface area contributed by atoms with E-state index in [4.69, 9.17) is 19.6 Å². The number of aryl methyl sites for hydroxylation is 1. The molecular weight excluding hydrogens is 412 g/mol. The predicted octanol–water partition coefficient (Wildman–Crippen LogP) is 3.87. The number of hydrogen-bond donors (Lipinski definition) is 2. The molecule has 136 valence electrons. The molecule has 1 atom stereocenters. The van der Waals surface area contributed by atoms with Crippen LogP contribution in [-0.2, 0) is 6.61 Å². The van der Waals surface area contributed by atoms with Gasteiger partial charge in [0.15, 0.2) is 0 Å². The van der Waals surface area contributed by atoms with Crippen LogP contribution in [0.4, 0.5) is 0 Å². The van der Waals surface area contributed by atoms with Crippen molar-refractivity contribution in [1.29, 1.82) is 5.26 Å². The molecule has 1 aromatic carbocycles. The summed E-state index contributed by atoms with van der Waals surface area (Å²) in [6, 6.07) is 13.3. The van der Waals surface area contributed by atoms with Crippen LogP contribution in [0.2, 0.25) is 0 Å². The van der Waals surface area contributed by atoms with Crippen molar-refractivity contribution in [2.45, 2.75) is 19.4 Å². The van der Waals surface area contributed by atoms with E-state index in [9.17, 15) is 5.26 Å². The molecule has 1 aliphatic heterocycles. The van der Waals surface area contributed by atoms with Crippen LogP contribution >= 0.6 is 15.9 Å². The maximum atomic E-state index is 9.56. The highest BCUT2D eigenvalue weighted by atomic mass is 79.9. The monoisotopic (exact) mass is 426 g/mol. The van der Waals surface area contributed by atoms with Crippen molar-refractivity contribution in [1.82, 2.24) is 10.2 Å². The molecule has 3 aromatic rings. The van der Waals surface area contributed by atoms with E-state index >= 15 is 0 Å². The van der Waals surface area contributed by atoms with Gasteiger partial charge in [0.05, 0.1) is 11.5 Å². The number of hydrogen-bond acceptors (Lipinski definition) is 6. The molecule has 1 aliphatic rings. The Morgan fingerprint density at radius 3 is 3.00 bits per heavy atom. The fourth-order valence-corrected chi connectivity index (χ4v) is 3.40. The number of aromatic nitrogens is 2. The van der Waals surface area contributed by atoms with E-state index in [1.54, 1.807) is 0 Å². The van der Waals surface area contributed by atoms with Gasteiger partial charge in [-0.3, -0.25) is 5.10 Å².